The second kappa shape index (κ2) is 5.16. The minimum Gasteiger partial charge on any atom is -0.391 e. The van der Waals surface area contributed by atoms with Gasteiger partial charge in [0.25, 0.3) is 0 Å². The van der Waals surface area contributed by atoms with Crippen molar-refractivity contribution < 1.29 is 5.11 Å². The minimum atomic E-state index is -0.300. The third-order valence-corrected chi connectivity index (χ3v) is 3.92. The van der Waals surface area contributed by atoms with Crippen molar-refractivity contribution in [2.24, 2.45) is 0 Å². The van der Waals surface area contributed by atoms with Crippen LogP contribution in [0.2, 0.25) is 0 Å². The summed E-state index contributed by atoms with van der Waals surface area (Å²) in [6, 6.07) is 18.9. The van der Waals surface area contributed by atoms with Crippen LogP contribution in [0.25, 0.3) is 0 Å². The summed E-state index contributed by atoms with van der Waals surface area (Å²) in [5.74, 6) is 0. The molecule has 1 aliphatic carbocycles. The van der Waals surface area contributed by atoms with Gasteiger partial charge >= 0.3 is 0 Å². The number of nitrogens with zero attached hydrogens (tertiary/aromatic N) is 1. The molecule has 2 atom stereocenters. The van der Waals surface area contributed by atoms with Crippen LogP contribution >= 0.6 is 0 Å². The summed E-state index contributed by atoms with van der Waals surface area (Å²) < 4.78 is 0. The number of benzene rings is 2. The van der Waals surface area contributed by atoms with Gasteiger partial charge in [-0.2, -0.15) is 0 Å². The van der Waals surface area contributed by atoms with E-state index in [4.69, 9.17) is 0 Å². The first-order valence-corrected chi connectivity index (χ1v) is 6.76. The van der Waals surface area contributed by atoms with Crippen LogP contribution < -0.4 is 0 Å². The van der Waals surface area contributed by atoms with Crippen molar-refractivity contribution in [3.05, 3.63) is 71.3 Å². The normalized spacial score (nSPS) is 21.6. The molecule has 0 saturated heterocycles. The maximum Gasteiger partial charge on any atom is 0.0777 e. The van der Waals surface area contributed by atoms with E-state index in [1.54, 1.807) is 0 Å². The molecule has 19 heavy (non-hydrogen) atoms. The van der Waals surface area contributed by atoms with Crippen molar-refractivity contribution in [2.75, 3.05) is 7.05 Å². The highest BCUT2D eigenvalue weighted by Gasteiger charge is 2.33. The molecule has 0 heterocycles. The molecule has 0 aromatic heterocycles. The van der Waals surface area contributed by atoms with Gasteiger partial charge in [0.15, 0.2) is 0 Å². The van der Waals surface area contributed by atoms with Crippen molar-refractivity contribution in [1.82, 2.24) is 4.90 Å². The van der Waals surface area contributed by atoms with Crippen LogP contribution in [0.5, 0.6) is 0 Å². The fourth-order valence-electron chi connectivity index (χ4n) is 3.05. The Morgan fingerprint density at radius 2 is 1.74 bits per heavy atom. The van der Waals surface area contributed by atoms with Crippen LogP contribution in [0.1, 0.15) is 22.7 Å². The smallest absolute Gasteiger partial charge is 0.0777 e. The first-order valence-electron chi connectivity index (χ1n) is 6.76. The molecule has 2 heteroatoms. The molecule has 0 bridgehead atoms. The van der Waals surface area contributed by atoms with E-state index in [0.29, 0.717) is 0 Å². The minimum absolute atomic E-state index is 0.108. The lowest BCUT2D eigenvalue weighted by Crippen LogP contribution is -2.30. The first kappa shape index (κ1) is 12.4. The average Bonchev–Trinajstić information content (AvgIpc) is 2.75. The van der Waals surface area contributed by atoms with Gasteiger partial charge in [-0.1, -0.05) is 54.6 Å². The Morgan fingerprint density at radius 3 is 2.53 bits per heavy atom. The fraction of sp³-hybridized carbons (Fsp3) is 0.294. The van der Waals surface area contributed by atoms with Gasteiger partial charge in [-0.15, -0.1) is 0 Å². The summed E-state index contributed by atoms with van der Waals surface area (Å²) in [4.78, 5) is 2.24. The third-order valence-electron chi connectivity index (χ3n) is 3.92. The monoisotopic (exact) mass is 253 g/mol. The summed E-state index contributed by atoms with van der Waals surface area (Å²) in [6.45, 7) is 0.858. The highest BCUT2D eigenvalue weighted by molar-refractivity contribution is 5.36. The van der Waals surface area contributed by atoms with Crippen LogP contribution in [0.4, 0.5) is 0 Å². The summed E-state index contributed by atoms with van der Waals surface area (Å²) in [5, 5.41) is 10.3. The maximum atomic E-state index is 10.3. The van der Waals surface area contributed by atoms with Crippen LogP contribution in [-0.2, 0) is 13.0 Å². The first-order chi connectivity index (χ1) is 9.25. The molecule has 3 rings (SSSR count). The average molecular weight is 253 g/mol. The van der Waals surface area contributed by atoms with Gasteiger partial charge in [-0.25, -0.2) is 0 Å². The molecule has 2 aromatic carbocycles. The van der Waals surface area contributed by atoms with Crippen molar-refractivity contribution in [3.8, 4) is 0 Å². The molecule has 98 valence electrons. The van der Waals surface area contributed by atoms with E-state index in [0.717, 1.165) is 13.0 Å². The Morgan fingerprint density at radius 1 is 1.05 bits per heavy atom. The molecule has 2 aromatic rings. The van der Waals surface area contributed by atoms with Crippen LogP contribution in [0.3, 0.4) is 0 Å². The Kier molecular flexibility index (Phi) is 3.36. The zero-order valence-electron chi connectivity index (χ0n) is 11.2. The second-order valence-electron chi connectivity index (χ2n) is 5.32. The predicted octanol–water partition coefficient (Wildman–Crippen LogP) is 2.78. The van der Waals surface area contributed by atoms with Crippen LogP contribution in [0.15, 0.2) is 54.6 Å². The number of aliphatic hydroxyl groups excluding tert-OH is 1. The third kappa shape index (κ3) is 2.42. The number of aliphatic hydroxyl groups is 1. The molecule has 0 radical (unpaired) electrons. The highest BCUT2D eigenvalue weighted by Crippen LogP contribution is 2.35. The summed E-state index contributed by atoms with van der Waals surface area (Å²) >= 11 is 0. The maximum absolute atomic E-state index is 10.3. The summed E-state index contributed by atoms with van der Waals surface area (Å²) in [6.07, 6.45) is 0.464. The SMILES string of the molecule is CN(Cc1ccccc1)C1c2ccccc2CC1O. The fourth-order valence-corrected chi connectivity index (χ4v) is 3.05. The molecular weight excluding hydrogens is 234 g/mol. The van der Waals surface area contributed by atoms with Crippen molar-refractivity contribution >= 4 is 0 Å². The number of rotatable bonds is 3. The molecule has 0 fully saturated rings. The standard InChI is InChI=1S/C17H19NO/c1-18(12-13-7-3-2-4-8-13)17-15-10-6-5-9-14(15)11-16(17)19/h2-10,16-17,19H,11-12H2,1H3. The number of likely N-dealkylation sites (N-methyl/N-ethyl adjacent to an activating group) is 1. The topological polar surface area (TPSA) is 23.5 Å². The number of hydrogen-bond donors (Lipinski definition) is 1. The van der Waals surface area contributed by atoms with E-state index in [9.17, 15) is 5.11 Å². The lowest BCUT2D eigenvalue weighted by Gasteiger charge is -2.28. The van der Waals surface area contributed by atoms with Gasteiger partial charge in [-0.3, -0.25) is 4.90 Å². The van der Waals surface area contributed by atoms with E-state index in [2.05, 4.69) is 54.4 Å². The summed E-state index contributed by atoms with van der Waals surface area (Å²) in [7, 11) is 2.09. The van der Waals surface area contributed by atoms with E-state index >= 15 is 0 Å². The summed E-state index contributed by atoms with van der Waals surface area (Å²) in [5.41, 5.74) is 3.83. The molecular formula is C17H19NO. The Bertz CT molecular complexity index is 552. The number of hydrogen-bond acceptors (Lipinski definition) is 2. The van der Waals surface area contributed by atoms with Crippen molar-refractivity contribution in [3.63, 3.8) is 0 Å². The molecule has 1 N–H and O–H groups in total. The van der Waals surface area contributed by atoms with Gasteiger partial charge < -0.3 is 5.11 Å². The largest absolute Gasteiger partial charge is 0.391 e. The van der Waals surface area contributed by atoms with Gasteiger partial charge in [0.05, 0.1) is 12.1 Å². The number of fused-ring (bicyclic) bond motifs is 1. The van der Waals surface area contributed by atoms with E-state index < -0.39 is 0 Å². The van der Waals surface area contributed by atoms with Gasteiger partial charge in [0.2, 0.25) is 0 Å². The molecule has 1 aliphatic rings. The lowest BCUT2D eigenvalue weighted by atomic mass is 10.1. The van der Waals surface area contributed by atoms with Crippen LogP contribution in [0, 0.1) is 0 Å². The Labute approximate surface area is 114 Å². The molecule has 0 spiro atoms. The van der Waals surface area contributed by atoms with E-state index in [-0.39, 0.29) is 12.1 Å². The lowest BCUT2D eigenvalue weighted by molar-refractivity contribution is 0.0725. The molecule has 0 aliphatic heterocycles. The van der Waals surface area contributed by atoms with Crippen molar-refractivity contribution in [2.45, 2.75) is 25.1 Å². The zero-order chi connectivity index (χ0) is 13.2. The van der Waals surface area contributed by atoms with Gasteiger partial charge in [0, 0.05) is 13.0 Å². The Balaban J connectivity index is 1.82. The van der Waals surface area contributed by atoms with Crippen LogP contribution in [-0.4, -0.2) is 23.2 Å². The second-order valence-corrected chi connectivity index (χ2v) is 5.32. The Hall–Kier alpha value is -1.64. The quantitative estimate of drug-likeness (QED) is 0.909. The van der Waals surface area contributed by atoms with E-state index in [1.807, 2.05) is 12.1 Å². The molecule has 2 unspecified atom stereocenters. The zero-order valence-corrected chi connectivity index (χ0v) is 11.2. The van der Waals surface area contributed by atoms with E-state index in [1.165, 1.54) is 16.7 Å². The molecule has 0 amide bonds. The van der Waals surface area contributed by atoms with Gasteiger partial charge in [-0.05, 0) is 23.7 Å². The molecule has 2 nitrogen and oxygen atoms in total. The highest BCUT2D eigenvalue weighted by atomic mass is 16.3. The van der Waals surface area contributed by atoms with Crippen molar-refractivity contribution in [1.29, 1.82) is 0 Å². The van der Waals surface area contributed by atoms with Gasteiger partial charge in [0.1, 0.15) is 0 Å². The molecule has 0 saturated carbocycles. The predicted molar refractivity (Wildman–Crippen MR) is 76.8 cm³/mol.